The number of furan rings is 1. The zero-order valence-corrected chi connectivity index (χ0v) is 15.5. The molecule has 28 heavy (non-hydrogen) atoms. The van der Waals surface area contributed by atoms with Gasteiger partial charge in [-0.05, 0) is 47.7 Å². The van der Waals surface area contributed by atoms with Crippen LogP contribution in [0.4, 0.5) is 4.39 Å². The second-order valence-corrected chi connectivity index (χ2v) is 7.31. The molecule has 0 saturated heterocycles. The molecule has 3 aromatic rings. The molecule has 0 saturated carbocycles. The molecule has 1 aliphatic heterocycles. The van der Waals surface area contributed by atoms with Crippen LogP contribution in [-0.2, 0) is 11.2 Å². The zero-order valence-electron chi connectivity index (χ0n) is 14.7. The Bertz CT molecular complexity index is 1020. The summed E-state index contributed by atoms with van der Waals surface area (Å²) in [5, 5.41) is 12.2. The molecule has 1 amide bonds. The van der Waals surface area contributed by atoms with Crippen molar-refractivity contribution in [2.75, 3.05) is 6.54 Å². The molecule has 7 heteroatoms. The van der Waals surface area contributed by atoms with Crippen LogP contribution in [-0.4, -0.2) is 28.2 Å². The fraction of sp³-hybridized carbons (Fsp3) is 0.143. The number of aliphatic hydroxyl groups is 1. The van der Waals surface area contributed by atoms with Crippen molar-refractivity contribution in [2.45, 2.75) is 12.5 Å². The highest BCUT2D eigenvalue weighted by Gasteiger charge is 2.45. The third kappa shape index (κ3) is 3.25. The van der Waals surface area contributed by atoms with Gasteiger partial charge in [-0.15, -0.1) is 11.3 Å². The van der Waals surface area contributed by atoms with E-state index in [1.807, 2.05) is 0 Å². The zero-order chi connectivity index (χ0) is 19.7. The molecule has 0 fully saturated rings. The van der Waals surface area contributed by atoms with E-state index in [0.717, 1.165) is 5.56 Å². The number of halogens is 1. The van der Waals surface area contributed by atoms with Crippen LogP contribution in [0.3, 0.4) is 0 Å². The van der Waals surface area contributed by atoms with Crippen LogP contribution in [0, 0.1) is 5.82 Å². The number of hydrogen-bond donors (Lipinski definition) is 1. The Morgan fingerprint density at radius 2 is 1.96 bits per heavy atom. The summed E-state index contributed by atoms with van der Waals surface area (Å²) >= 11 is 1.24. The number of Topliss-reactive ketones (excluding diaryl/α,β-unsaturated/α-hetero) is 1. The van der Waals surface area contributed by atoms with Crippen LogP contribution in [0.5, 0.6) is 0 Å². The Morgan fingerprint density at radius 1 is 1.18 bits per heavy atom. The normalized spacial score (nSPS) is 16.8. The molecule has 2 aromatic heterocycles. The monoisotopic (exact) mass is 397 g/mol. The summed E-state index contributed by atoms with van der Waals surface area (Å²) in [4.78, 5) is 27.5. The first kappa shape index (κ1) is 18.2. The summed E-state index contributed by atoms with van der Waals surface area (Å²) in [5.41, 5.74) is 0.853. The van der Waals surface area contributed by atoms with E-state index in [9.17, 15) is 19.1 Å². The van der Waals surface area contributed by atoms with Gasteiger partial charge in [0.2, 0.25) is 5.78 Å². The molecule has 1 N–H and O–H groups in total. The van der Waals surface area contributed by atoms with Crippen molar-refractivity contribution in [1.29, 1.82) is 0 Å². The van der Waals surface area contributed by atoms with Gasteiger partial charge < -0.3 is 14.4 Å². The fourth-order valence-corrected chi connectivity index (χ4v) is 3.98. The van der Waals surface area contributed by atoms with E-state index < -0.39 is 23.5 Å². The molecule has 1 atom stereocenters. The van der Waals surface area contributed by atoms with Gasteiger partial charge in [0.25, 0.3) is 5.91 Å². The minimum atomic E-state index is -0.808. The first-order chi connectivity index (χ1) is 13.6. The SMILES string of the molecule is O=C(C1=C(O)C(=O)N(CCc2ccc(F)cc2)C1c1ccco1)c1cccs1. The van der Waals surface area contributed by atoms with E-state index in [1.165, 1.54) is 34.6 Å². The number of ketones is 1. The van der Waals surface area contributed by atoms with Crippen LogP contribution in [0.1, 0.15) is 27.0 Å². The highest BCUT2D eigenvalue weighted by atomic mass is 32.1. The number of rotatable bonds is 6. The Kier molecular flexibility index (Phi) is 4.83. The minimum Gasteiger partial charge on any atom is -0.503 e. The standard InChI is InChI=1S/C21H16FNO4S/c22-14-7-5-13(6-8-14)9-10-23-18(15-3-1-11-27-15)17(20(25)21(23)26)19(24)16-4-2-12-28-16/h1-8,11-12,18,25H,9-10H2. The summed E-state index contributed by atoms with van der Waals surface area (Å²) in [6.07, 6.45) is 1.90. The molecular weight excluding hydrogens is 381 g/mol. The highest BCUT2D eigenvalue weighted by Crippen LogP contribution is 2.39. The lowest BCUT2D eigenvalue weighted by Gasteiger charge is -2.24. The molecule has 4 rings (SSSR count). The average molecular weight is 397 g/mol. The number of nitrogens with zero attached hydrogens (tertiary/aromatic N) is 1. The van der Waals surface area contributed by atoms with E-state index in [2.05, 4.69) is 0 Å². The first-order valence-corrected chi connectivity index (χ1v) is 9.54. The molecule has 0 spiro atoms. The average Bonchev–Trinajstić information content (AvgIpc) is 3.44. The summed E-state index contributed by atoms with van der Waals surface area (Å²) in [5.74, 6) is -1.51. The lowest BCUT2D eigenvalue weighted by Crippen LogP contribution is -2.32. The number of thiophene rings is 1. The first-order valence-electron chi connectivity index (χ1n) is 8.66. The molecule has 3 heterocycles. The Labute approximate surface area is 164 Å². The van der Waals surface area contributed by atoms with E-state index in [1.54, 1.807) is 41.8 Å². The van der Waals surface area contributed by atoms with Crippen LogP contribution >= 0.6 is 11.3 Å². The molecular formula is C21H16FNO4S. The highest BCUT2D eigenvalue weighted by molar-refractivity contribution is 7.12. The summed E-state index contributed by atoms with van der Waals surface area (Å²) in [6.45, 7) is 0.237. The van der Waals surface area contributed by atoms with Crippen molar-refractivity contribution >= 4 is 23.0 Å². The van der Waals surface area contributed by atoms with E-state index in [-0.39, 0.29) is 17.9 Å². The van der Waals surface area contributed by atoms with Crippen molar-refractivity contribution in [1.82, 2.24) is 4.90 Å². The molecule has 0 bridgehead atoms. The number of benzene rings is 1. The van der Waals surface area contributed by atoms with Crippen molar-refractivity contribution in [3.63, 3.8) is 0 Å². The van der Waals surface area contributed by atoms with Gasteiger partial charge in [0.15, 0.2) is 5.76 Å². The summed E-state index contributed by atoms with van der Waals surface area (Å²) in [7, 11) is 0. The van der Waals surface area contributed by atoms with Crippen molar-refractivity contribution < 1.29 is 23.5 Å². The number of hydrogen-bond acceptors (Lipinski definition) is 5. The number of carbonyl (C=O) groups excluding carboxylic acids is 2. The Hall–Kier alpha value is -3.19. The van der Waals surface area contributed by atoms with E-state index in [4.69, 9.17) is 4.42 Å². The van der Waals surface area contributed by atoms with Gasteiger partial charge >= 0.3 is 0 Å². The number of carbonyl (C=O) groups is 2. The van der Waals surface area contributed by atoms with Gasteiger partial charge in [0, 0.05) is 6.54 Å². The van der Waals surface area contributed by atoms with Gasteiger partial charge in [-0.1, -0.05) is 18.2 Å². The Balaban J connectivity index is 1.66. The minimum absolute atomic E-state index is 0.0153. The molecule has 1 aromatic carbocycles. The van der Waals surface area contributed by atoms with Crippen molar-refractivity contribution in [3.05, 3.63) is 93.5 Å². The maximum absolute atomic E-state index is 13.1. The van der Waals surface area contributed by atoms with Crippen molar-refractivity contribution in [3.8, 4) is 0 Å². The summed E-state index contributed by atoms with van der Waals surface area (Å²) in [6, 6.07) is 11.9. The fourth-order valence-electron chi connectivity index (χ4n) is 3.30. The van der Waals surface area contributed by atoms with E-state index >= 15 is 0 Å². The van der Waals surface area contributed by atoms with Crippen LogP contribution in [0.25, 0.3) is 0 Å². The topological polar surface area (TPSA) is 70.8 Å². The lowest BCUT2D eigenvalue weighted by molar-refractivity contribution is -0.129. The van der Waals surface area contributed by atoms with E-state index in [0.29, 0.717) is 17.1 Å². The van der Waals surface area contributed by atoms with Crippen LogP contribution < -0.4 is 0 Å². The number of aliphatic hydroxyl groups excluding tert-OH is 1. The third-order valence-corrected chi connectivity index (χ3v) is 5.53. The lowest BCUT2D eigenvalue weighted by atomic mass is 10.00. The van der Waals surface area contributed by atoms with Gasteiger partial charge in [-0.25, -0.2) is 4.39 Å². The third-order valence-electron chi connectivity index (χ3n) is 4.66. The molecule has 5 nitrogen and oxygen atoms in total. The van der Waals surface area contributed by atoms with Crippen molar-refractivity contribution in [2.24, 2.45) is 0 Å². The molecule has 142 valence electrons. The van der Waals surface area contributed by atoms with Gasteiger partial charge in [-0.3, -0.25) is 9.59 Å². The Morgan fingerprint density at radius 3 is 2.61 bits per heavy atom. The molecule has 0 aliphatic carbocycles. The van der Waals surface area contributed by atoms with Gasteiger partial charge in [0.1, 0.15) is 17.6 Å². The predicted octanol–water partition coefficient (Wildman–Crippen LogP) is 4.30. The maximum Gasteiger partial charge on any atom is 0.290 e. The number of amides is 1. The summed E-state index contributed by atoms with van der Waals surface area (Å²) < 4.78 is 18.6. The predicted molar refractivity (Wildman–Crippen MR) is 102 cm³/mol. The molecule has 0 radical (unpaired) electrons. The second-order valence-electron chi connectivity index (χ2n) is 6.36. The second kappa shape index (κ2) is 7.44. The van der Waals surface area contributed by atoms with Crippen LogP contribution in [0.15, 0.2) is 75.9 Å². The molecule has 1 aliphatic rings. The largest absolute Gasteiger partial charge is 0.503 e. The van der Waals surface area contributed by atoms with Gasteiger partial charge in [-0.2, -0.15) is 0 Å². The van der Waals surface area contributed by atoms with Crippen LogP contribution in [0.2, 0.25) is 0 Å². The van der Waals surface area contributed by atoms with Gasteiger partial charge in [0.05, 0.1) is 16.7 Å². The maximum atomic E-state index is 13.1. The quantitative estimate of drug-likeness (QED) is 0.630. The smallest absolute Gasteiger partial charge is 0.290 e. The molecule has 1 unspecified atom stereocenters.